The van der Waals surface area contributed by atoms with Crippen LogP contribution >= 0.6 is 0 Å². The number of aromatic nitrogens is 4. The molecule has 2 heterocycles. The molecule has 2 aromatic rings. The molecule has 0 amide bonds. The minimum absolute atomic E-state index is 0.236. The van der Waals surface area contributed by atoms with Crippen molar-refractivity contribution in [2.75, 3.05) is 7.11 Å². The smallest absolute Gasteiger partial charge is 0.356 e. The average molecular weight is 246 g/mol. The second kappa shape index (κ2) is 4.95. The summed E-state index contributed by atoms with van der Waals surface area (Å²) < 4.78 is 6.43. The summed E-state index contributed by atoms with van der Waals surface area (Å²) in [6, 6.07) is 1.78. The van der Waals surface area contributed by atoms with Crippen molar-refractivity contribution < 1.29 is 9.53 Å². The van der Waals surface area contributed by atoms with Crippen molar-refractivity contribution in [2.45, 2.75) is 19.9 Å². The summed E-state index contributed by atoms with van der Waals surface area (Å²) in [4.78, 5) is 19.7. The van der Waals surface area contributed by atoms with Crippen LogP contribution < -0.4 is 0 Å². The molecule has 94 valence electrons. The van der Waals surface area contributed by atoms with E-state index in [0.29, 0.717) is 5.82 Å². The van der Waals surface area contributed by atoms with Crippen molar-refractivity contribution in [1.29, 1.82) is 0 Å². The number of hydrogen-bond acceptors (Lipinski definition) is 5. The van der Waals surface area contributed by atoms with Crippen molar-refractivity contribution in [2.24, 2.45) is 0 Å². The van der Waals surface area contributed by atoms with Gasteiger partial charge < -0.3 is 4.74 Å². The van der Waals surface area contributed by atoms with E-state index in [1.54, 1.807) is 6.20 Å². The molecule has 6 nitrogen and oxygen atoms in total. The monoisotopic (exact) mass is 246 g/mol. The first-order valence-corrected chi connectivity index (χ1v) is 5.57. The second-order valence-electron chi connectivity index (χ2n) is 4.06. The highest BCUT2D eigenvalue weighted by Gasteiger charge is 2.11. The highest BCUT2D eigenvalue weighted by Crippen LogP contribution is 2.15. The Morgan fingerprint density at radius 1 is 1.44 bits per heavy atom. The van der Waals surface area contributed by atoms with Crippen molar-refractivity contribution in [3.8, 4) is 11.4 Å². The first-order valence-electron chi connectivity index (χ1n) is 5.57. The number of nitrogens with zero attached hydrogens (tertiary/aromatic N) is 4. The van der Waals surface area contributed by atoms with Crippen LogP contribution in [0.2, 0.25) is 0 Å². The zero-order valence-electron chi connectivity index (χ0n) is 10.5. The normalized spacial score (nSPS) is 10.7. The maximum Gasteiger partial charge on any atom is 0.356 e. The number of esters is 1. The molecule has 0 aromatic carbocycles. The average Bonchev–Trinajstić information content (AvgIpc) is 2.88. The Morgan fingerprint density at radius 2 is 2.22 bits per heavy atom. The van der Waals surface area contributed by atoms with Gasteiger partial charge in [-0.05, 0) is 19.9 Å². The molecular weight excluding hydrogens is 232 g/mol. The molecular formula is C12H14N4O2. The minimum atomic E-state index is -0.477. The second-order valence-corrected chi connectivity index (χ2v) is 4.06. The Hall–Kier alpha value is -2.24. The molecule has 0 unspecified atom stereocenters. The van der Waals surface area contributed by atoms with Crippen LogP contribution in [0.1, 0.15) is 30.4 Å². The molecule has 0 fully saturated rings. The van der Waals surface area contributed by atoms with Gasteiger partial charge in [-0.15, -0.1) is 0 Å². The van der Waals surface area contributed by atoms with Gasteiger partial charge in [0.25, 0.3) is 0 Å². The molecule has 0 bridgehead atoms. The molecule has 0 spiro atoms. The number of ether oxygens (including phenoxy) is 1. The van der Waals surface area contributed by atoms with Gasteiger partial charge in [-0.1, -0.05) is 0 Å². The third-order valence-electron chi connectivity index (χ3n) is 2.44. The molecule has 6 heteroatoms. The number of methoxy groups -OCH3 is 1. The van der Waals surface area contributed by atoms with Gasteiger partial charge in [0.2, 0.25) is 0 Å². The fourth-order valence-corrected chi connectivity index (χ4v) is 1.45. The molecule has 0 atom stereocenters. The topological polar surface area (TPSA) is 69.9 Å². The van der Waals surface area contributed by atoms with E-state index in [0.717, 1.165) is 5.56 Å². The van der Waals surface area contributed by atoms with Gasteiger partial charge in [0.15, 0.2) is 11.5 Å². The summed E-state index contributed by atoms with van der Waals surface area (Å²) in [5.74, 6) is -0.0142. The van der Waals surface area contributed by atoms with Crippen molar-refractivity contribution in [1.82, 2.24) is 19.7 Å². The molecule has 0 aliphatic heterocycles. The van der Waals surface area contributed by atoms with Gasteiger partial charge in [-0.25, -0.2) is 14.8 Å². The lowest BCUT2D eigenvalue weighted by atomic mass is 10.3. The lowest BCUT2D eigenvalue weighted by molar-refractivity contribution is 0.0594. The van der Waals surface area contributed by atoms with Crippen LogP contribution in [0.15, 0.2) is 24.7 Å². The van der Waals surface area contributed by atoms with Crippen LogP contribution in [0, 0.1) is 0 Å². The highest BCUT2D eigenvalue weighted by molar-refractivity contribution is 5.87. The molecule has 0 saturated carbocycles. The highest BCUT2D eigenvalue weighted by atomic mass is 16.5. The van der Waals surface area contributed by atoms with Gasteiger partial charge in [0.05, 0.1) is 18.9 Å². The molecule has 0 radical (unpaired) electrons. The Balaban J connectivity index is 2.35. The fourth-order valence-electron chi connectivity index (χ4n) is 1.45. The Labute approximate surface area is 105 Å². The van der Waals surface area contributed by atoms with Gasteiger partial charge in [0, 0.05) is 18.4 Å². The number of carbonyl (C=O) groups excluding carboxylic acids is 1. The van der Waals surface area contributed by atoms with E-state index in [1.807, 2.05) is 24.7 Å². The summed E-state index contributed by atoms with van der Waals surface area (Å²) in [5.41, 5.74) is 1.01. The first-order chi connectivity index (χ1) is 8.61. The van der Waals surface area contributed by atoms with Crippen molar-refractivity contribution in [3.05, 3.63) is 30.4 Å². The predicted octanol–water partition coefficient (Wildman–Crippen LogP) is 1.71. The SMILES string of the molecule is COC(=O)c1ccnc(-c2cnn(C(C)C)c2)n1. The first kappa shape index (κ1) is 12.2. The zero-order chi connectivity index (χ0) is 13.1. The predicted molar refractivity (Wildman–Crippen MR) is 65.0 cm³/mol. The van der Waals surface area contributed by atoms with Crippen LogP contribution in [-0.2, 0) is 4.74 Å². The van der Waals surface area contributed by atoms with Crippen LogP contribution in [0.3, 0.4) is 0 Å². The Morgan fingerprint density at radius 3 is 2.83 bits per heavy atom. The van der Waals surface area contributed by atoms with Crippen LogP contribution in [-0.4, -0.2) is 32.8 Å². The van der Waals surface area contributed by atoms with Gasteiger partial charge in [-0.2, -0.15) is 5.10 Å². The molecule has 0 N–H and O–H groups in total. The number of rotatable bonds is 3. The van der Waals surface area contributed by atoms with E-state index in [2.05, 4.69) is 19.8 Å². The quantitative estimate of drug-likeness (QED) is 0.771. The fraction of sp³-hybridized carbons (Fsp3) is 0.333. The van der Waals surface area contributed by atoms with E-state index in [4.69, 9.17) is 0 Å². The van der Waals surface area contributed by atoms with Gasteiger partial charge in [-0.3, -0.25) is 4.68 Å². The molecule has 2 rings (SSSR count). The van der Waals surface area contributed by atoms with E-state index in [9.17, 15) is 4.79 Å². The van der Waals surface area contributed by atoms with Crippen molar-refractivity contribution in [3.63, 3.8) is 0 Å². The van der Waals surface area contributed by atoms with E-state index >= 15 is 0 Å². The maximum atomic E-state index is 11.4. The number of hydrogen-bond donors (Lipinski definition) is 0. The van der Waals surface area contributed by atoms with Gasteiger partial charge in [0.1, 0.15) is 0 Å². The lowest BCUT2D eigenvalue weighted by Crippen LogP contribution is -2.05. The number of carbonyl (C=O) groups is 1. The largest absolute Gasteiger partial charge is 0.464 e. The van der Waals surface area contributed by atoms with E-state index < -0.39 is 5.97 Å². The Bertz CT molecular complexity index is 563. The molecule has 0 aliphatic carbocycles. The summed E-state index contributed by atoms with van der Waals surface area (Å²) in [7, 11) is 1.32. The minimum Gasteiger partial charge on any atom is -0.464 e. The summed E-state index contributed by atoms with van der Waals surface area (Å²) in [6.45, 7) is 4.06. The van der Waals surface area contributed by atoms with Gasteiger partial charge >= 0.3 is 5.97 Å². The van der Waals surface area contributed by atoms with Crippen LogP contribution in [0.4, 0.5) is 0 Å². The molecule has 18 heavy (non-hydrogen) atoms. The maximum absolute atomic E-state index is 11.4. The third kappa shape index (κ3) is 2.37. The molecule has 2 aromatic heterocycles. The summed E-state index contributed by atoms with van der Waals surface area (Å²) in [6.07, 6.45) is 5.05. The Kier molecular flexibility index (Phi) is 3.36. The van der Waals surface area contributed by atoms with E-state index in [-0.39, 0.29) is 11.7 Å². The standard InChI is InChI=1S/C12H14N4O2/c1-8(2)16-7-9(6-14-16)11-13-5-4-10(15-11)12(17)18-3/h4-8H,1-3H3. The van der Waals surface area contributed by atoms with Crippen LogP contribution in [0.5, 0.6) is 0 Å². The van der Waals surface area contributed by atoms with Crippen molar-refractivity contribution >= 4 is 5.97 Å². The summed E-state index contributed by atoms with van der Waals surface area (Å²) >= 11 is 0. The summed E-state index contributed by atoms with van der Waals surface area (Å²) in [5, 5.41) is 4.21. The van der Waals surface area contributed by atoms with Crippen LogP contribution in [0.25, 0.3) is 11.4 Å². The van der Waals surface area contributed by atoms with E-state index in [1.165, 1.54) is 19.4 Å². The zero-order valence-corrected chi connectivity index (χ0v) is 10.5. The molecule has 0 aliphatic rings. The lowest BCUT2D eigenvalue weighted by Gasteiger charge is -2.03. The molecule has 0 saturated heterocycles. The third-order valence-corrected chi connectivity index (χ3v) is 2.44.